The van der Waals surface area contributed by atoms with Crippen molar-refractivity contribution < 1.29 is 10.1 Å². The van der Waals surface area contributed by atoms with Crippen LogP contribution in [0.3, 0.4) is 0 Å². The highest BCUT2D eigenvalue weighted by Crippen LogP contribution is 2.26. The maximum Gasteiger partial charge on any atom is 0.282 e. The van der Waals surface area contributed by atoms with E-state index in [1.807, 2.05) is 11.0 Å². The summed E-state index contributed by atoms with van der Waals surface area (Å²) < 4.78 is 0. The van der Waals surface area contributed by atoms with Gasteiger partial charge in [-0.3, -0.25) is 4.79 Å². The molecule has 0 radical (unpaired) electrons. The lowest BCUT2D eigenvalue weighted by atomic mass is 10.0. The molecule has 2 N–H and O–H groups in total. The van der Waals surface area contributed by atoms with Gasteiger partial charge >= 0.3 is 0 Å². The average Bonchev–Trinajstić information content (AvgIpc) is 3.00. The summed E-state index contributed by atoms with van der Waals surface area (Å²) >= 11 is 1.74. The number of fused-ring (bicyclic) bond motifs is 1. The fourth-order valence-corrected chi connectivity index (χ4v) is 3.37. The van der Waals surface area contributed by atoms with E-state index in [1.165, 1.54) is 10.4 Å². The second-order valence-corrected chi connectivity index (χ2v) is 6.09. The summed E-state index contributed by atoms with van der Waals surface area (Å²) in [5, 5.41) is 4.16. The maximum atomic E-state index is 12.4. The third-order valence-electron chi connectivity index (χ3n) is 3.66. The van der Waals surface area contributed by atoms with E-state index >= 15 is 0 Å². The van der Waals surface area contributed by atoms with Gasteiger partial charge in [0.1, 0.15) is 6.54 Å². The molecule has 1 aromatic carbocycles. The van der Waals surface area contributed by atoms with Crippen molar-refractivity contribution in [3.05, 3.63) is 52.2 Å². The number of benzene rings is 1. The Kier molecular flexibility index (Phi) is 4.14. The van der Waals surface area contributed by atoms with Crippen LogP contribution in [0.25, 0.3) is 0 Å². The van der Waals surface area contributed by atoms with Crippen molar-refractivity contribution in [2.75, 3.05) is 18.0 Å². The zero-order valence-corrected chi connectivity index (χ0v) is 12.2. The standard InChI is InChI=1S/C16H18N2OS/c19-16(12-17-11-14-7-4-10-20-14)18-9-3-6-13-5-1-2-8-15(13)18/h1-2,4-5,7-8,10,17H,3,6,9,11-12H2/p+1. The van der Waals surface area contributed by atoms with Gasteiger partial charge in [0.15, 0.2) is 6.54 Å². The molecule has 0 saturated heterocycles. The van der Waals surface area contributed by atoms with Crippen molar-refractivity contribution in [3.8, 4) is 0 Å². The summed E-state index contributed by atoms with van der Waals surface area (Å²) in [4.78, 5) is 15.7. The highest BCUT2D eigenvalue weighted by molar-refractivity contribution is 7.09. The van der Waals surface area contributed by atoms with Crippen molar-refractivity contribution in [1.29, 1.82) is 0 Å². The summed E-state index contributed by atoms with van der Waals surface area (Å²) in [6.45, 7) is 2.26. The minimum atomic E-state index is 0.216. The number of hydrogen-bond donors (Lipinski definition) is 1. The molecule has 0 unspecified atom stereocenters. The lowest BCUT2D eigenvalue weighted by molar-refractivity contribution is -0.659. The van der Waals surface area contributed by atoms with Gasteiger partial charge in [-0.1, -0.05) is 24.3 Å². The molecule has 3 nitrogen and oxygen atoms in total. The zero-order chi connectivity index (χ0) is 13.8. The summed E-state index contributed by atoms with van der Waals surface area (Å²) in [5.74, 6) is 0.216. The van der Waals surface area contributed by atoms with E-state index in [9.17, 15) is 4.79 Å². The first-order valence-electron chi connectivity index (χ1n) is 7.07. The fraction of sp³-hybridized carbons (Fsp3) is 0.312. The number of hydrogen-bond acceptors (Lipinski definition) is 2. The number of aryl methyl sites for hydroxylation is 1. The molecule has 1 amide bonds. The van der Waals surface area contributed by atoms with Gasteiger partial charge in [-0.2, -0.15) is 0 Å². The van der Waals surface area contributed by atoms with Gasteiger partial charge in [0.05, 0.1) is 4.88 Å². The van der Waals surface area contributed by atoms with E-state index < -0.39 is 0 Å². The molecular weight excluding hydrogens is 268 g/mol. The van der Waals surface area contributed by atoms with E-state index in [-0.39, 0.29) is 5.91 Å². The molecule has 1 aliphatic heterocycles. The van der Waals surface area contributed by atoms with E-state index in [0.29, 0.717) is 6.54 Å². The lowest BCUT2D eigenvalue weighted by Crippen LogP contribution is -2.85. The Bertz CT molecular complexity index is 580. The number of amides is 1. The van der Waals surface area contributed by atoms with Gasteiger partial charge in [0.2, 0.25) is 0 Å². The third kappa shape index (κ3) is 2.92. The van der Waals surface area contributed by atoms with Crippen LogP contribution in [0.4, 0.5) is 5.69 Å². The summed E-state index contributed by atoms with van der Waals surface area (Å²) in [6, 6.07) is 12.4. The summed E-state index contributed by atoms with van der Waals surface area (Å²) in [7, 11) is 0. The zero-order valence-electron chi connectivity index (χ0n) is 11.4. The monoisotopic (exact) mass is 287 g/mol. The Morgan fingerprint density at radius 1 is 1.25 bits per heavy atom. The van der Waals surface area contributed by atoms with Crippen LogP contribution >= 0.6 is 11.3 Å². The number of para-hydroxylation sites is 1. The quantitative estimate of drug-likeness (QED) is 0.914. The number of thiophene rings is 1. The number of nitrogens with two attached hydrogens (primary N) is 1. The average molecular weight is 287 g/mol. The molecular formula is C16H19N2OS+. The van der Waals surface area contributed by atoms with Gasteiger partial charge < -0.3 is 10.2 Å². The largest absolute Gasteiger partial charge is 0.334 e. The third-order valence-corrected chi connectivity index (χ3v) is 4.55. The second kappa shape index (κ2) is 6.20. The van der Waals surface area contributed by atoms with Gasteiger partial charge in [-0.15, -0.1) is 11.3 Å². The Morgan fingerprint density at radius 2 is 2.15 bits per heavy atom. The molecule has 0 fully saturated rings. The van der Waals surface area contributed by atoms with E-state index in [1.54, 1.807) is 11.3 Å². The van der Waals surface area contributed by atoms with Crippen LogP contribution in [-0.4, -0.2) is 19.0 Å². The number of anilines is 1. The fourth-order valence-electron chi connectivity index (χ4n) is 2.67. The molecule has 20 heavy (non-hydrogen) atoms. The molecule has 2 heterocycles. The number of nitrogens with zero attached hydrogens (tertiary/aromatic N) is 1. The Morgan fingerprint density at radius 3 is 3.00 bits per heavy atom. The molecule has 1 aromatic heterocycles. The smallest absolute Gasteiger partial charge is 0.282 e. The predicted molar refractivity (Wildman–Crippen MR) is 81.9 cm³/mol. The Balaban J connectivity index is 1.60. The van der Waals surface area contributed by atoms with E-state index in [2.05, 4.69) is 41.0 Å². The Hall–Kier alpha value is -1.65. The van der Waals surface area contributed by atoms with Crippen LogP contribution < -0.4 is 10.2 Å². The van der Waals surface area contributed by atoms with Crippen molar-refractivity contribution in [3.63, 3.8) is 0 Å². The van der Waals surface area contributed by atoms with Crippen molar-refractivity contribution in [2.24, 2.45) is 0 Å². The SMILES string of the molecule is O=C(C[NH2+]Cc1cccs1)N1CCCc2ccccc21. The summed E-state index contributed by atoms with van der Waals surface area (Å²) in [5.41, 5.74) is 2.40. The molecule has 0 bridgehead atoms. The van der Waals surface area contributed by atoms with E-state index in [0.717, 1.165) is 31.6 Å². The maximum absolute atomic E-state index is 12.4. The molecule has 0 atom stereocenters. The first-order chi connectivity index (χ1) is 9.84. The molecule has 0 saturated carbocycles. The molecule has 2 aromatic rings. The van der Waals surface area contributed by atoms with Crippen LogP contribution in [0.1, 0.15) is 16.9 Å². The van der Waals surface area contributed by atoms with Crippen LogP contribution in [0.15, 0.2) is 41.8 Å². The molecule has 0 aliphatic carbocycles. The van der Waals surface area contributed by atoms with Crippen molar-refractivity contribution >= 4 is 22.9 Å². The molecule has 4 heteroatoms. The number of rotatable bonds is 4. The Labute approximate surface area is 123 Å². The highest BCUT2D eigenvalue weighted by Gasteiger charge is 2.22. The topological polar surface area (TPSA) is 36.9 Å². The molecule has 1 aliphatic rings. The van der Waals surface area contributed by atoms with Gasteiger partial charge in [0.25, 0.3) is 5.91 Å². The second-order valence-electron chi connectivity index (χ2n) is 5.05. The number of carbonyl (C=O) groups is 1. The van der Waals surface area contributed by atoms with Crippen LogP contribution in [0.5, 0.6) is 0 Å². The van der Waals surface area contributed by atoms with Crippen LogP contribution in [-0.2, 0) is 17.8 Å². The van der Waals surface area contributed by atoms with Crippen molar-refractivity contribution in [2.45, 2.75) is 19.4 Å². The molecule has 104 valence electrons. The molecule has 3 rings (SSSR count). The van der Waals surface area contributed by atoms with E-state index in [4.69, 9.17) is 0 Å². The van der Waals surface area contributed by atoms with Gasteiger partial charge in [-0.05, 0) is 35.9 Å². The van der Waals surface area contributed by atoms with Crippen molar-refractivity contribution in [1.82, 2.24) is 0 Å². The minimum absolute atomic E-state index is 0.216. The molecule has 0 spiro atoms. The first-order valence-corrected chi connectivity index (χ1v) is 7.95. The first kappa shape index (κ1) is 13.3. The lowest BCUT2D eigenvalue weighted by Gasteiger charge is -2.28. The highest BCUT2D eigenvalue weighted by atomic mass is 32.1. The van der Waals surface area contributed by atoms with Crippen LogP contribution in [0.2, 0.25) is 0 Å². The number of carbonyl (C=O) groups excluding carboxylic acids is 1. The summed E-state index contributed by atoms with van der Waals surface area (Å²) in [6.07, 6.45) is 2.15. The predicted octanol–water partition coefficient (Wildman–Crippen LogP) is 1.79. The minimum Gasteiger partial charge on any atom is -0.334 e. The normalized spacial score (nSPS) is 14.1. The van der Waals surface area contributed by atoms with Crippen LogP contribution in [0, 0.1) is 0 Å². The van der Waals surface area contributed by atoms with Gasteiger partial charge in [0, 0.05) is 12.2 Å². The van der Waals surface area contributed by atoms with Gasteiger partial charge in [-0.25, -0.2) is 0 Å². The number of quaternary nitrogens is 1.